The molecule has 0 saturated carbocycles. The van der Waals surface area contributed by atoms with Crippen LogP contribution in [-0.2, 0) is 4.79 Å². The molecule has 1 fully saturated rings. The predicted molar refractivity (Wildman–Crippen MR) is 60.9 cm³/mol. The first kappa shape index (κ1) is 12.5. The van der Waals surface area contributed by atoms with Gasteiger partial charge in [-0.1, -0.05) is 26.7 Å². The molecule has 0 bridgehead atoms. The molecule has 3 heteroatoms. The summed E-state index contributed by atoms with van der Waals surface area (Å²) in [7, 11) is 0. The Morgan fingerprint density at radius 3 is 2.13 bits per heavy atom. The van der Waals surface area contributed by atoms with Crippen LogP contribution in [0, 0.1) is 11.8 Å². The molecule has 0 aliphatic carbocycles. The lowest BCUT2D eigenvalue weighted by Gasteiger charge is -2.25. The smallest absolute Gasteiger partial charge is 0.308 e. The van der Waals surface area contributed by atoms with Gasteiger partial charge in [0, 0.05) is 6.54 Å². The van der Waals surface area contributed by atoms with E-state index >= 15 is 0 Å². The van der Waals surface area contributed by atoms with Crippen molar-refractivity contribution in [3.05, 3.63) is 0 Å². The molecule has 1 unspecified atom stereocenters. The van der Waals surface area contributed by atoms with E-state index in [0.717, 1.165) is 19.6 Å². The second-order valence-corrected chi connectivity index (χ2v) is 4.90. The van der Waals surface area contributed by atoms with Crippen molar-refractivity contribution in [1.82, 2.24) is 4.90 Å². The van der Waals surface area contributed by atoms with Crippen LogP contribution in [0.3, 0.4) is 0 Å². The molecule has 88 valence electrons. The van der Waals surface area contributed by atoms with E-state index in [1.807, 2.05) is 13.8 Å². The second kappa shape index (κ2) is 6.11. The molecule has 0 amide bonds. The van der Waals surface area contributed by atoms with Gasteiger partial charge in [-0.25, -0.2) is 0 Å². The summed E-state index contributed by atoms with van der Waals surface area (Å²) >= 11 is 0. The van der Waals surface area contributed by atoms with Crippen molar-refractivity contribution < 1.29 is 9.90 Å². The molecule has 1 aliphatic heterocycles. The standard InChI is InChI=1S/C12H23NO2/c1-10(2)11(12(14)15)9-13-7-5-3-4-6-8-13/h10-11H,3-9H2,1-2H3,(H,14,15). The highest BCUT2D eigenvalue weighted by atomic mass is 16.4. The average molecular weight is 213 g/mol. The molecule has 1 aliphatic rings. The van der Waals surface area contributed by atoms with Gasteiger partial charge in [0.2, 0.25) is 0 Å². The molecule has 1 rings (SSSR count). The highest BCUT2D eigenvalue weighted by molar-refractivity contribution is 5.70. The average Bonchev–Trinajstić information content (AvgIpc) is 2.41. The maximum atomic E-state index is 11.1. The van der Waals surface area contributed by atoms with Crippen molar-refractivity contribution in [2.45, 2.75) is 39.5 Å². The number of carbonyl (C=O) groups is 1. The van der Waals surface area contributed by atoms with Gasteiger partial charge in [0.15, 0.2) is 0 Å². The first-order valence-corrected chi connectivity index (χ1v) is 6.06. The molecular formula is C12H23NO2. The molecule has 0 aromatic heterocycles. The number of nitrogens with zero attached hydrogens (tertiary/aromatic N) is 1. The van der Waals surface area contributed by atoms with Gasteiger partial charge in [-0.2, -0.15) is 0 Å². The summed E-state index contributed by atoms with van der Waals surface area (Å²) in [6.07, 6.45) is 5.06. The lowest BCUT2D eigenvalue weighted by Crippen LogP contribution is -2.36. The van der Waals surface area contributed by atoms with Crippen molar-refractivity contribution in [1.29, 1.82) is 0 Å². The van der Waals surface area contributed by atoms with Gasteiger partial charge in [0.05, 0.1) is 5.92 Å². The van der Waals surface area contributed by atoms with Crippen molar-refractivity contribution in [3.63, 3.8) is 0 Å². The first-order chi connectivity index (χ1) is 7.11. The van der Waals surface area contributed by atoms with Crippen LogP contribution in [0.2, 0.25) is 0 Å². The van der Waals surface area contributed by atoms with Crippen molar-refractivity contribution in [2.24, 2.45) is 11.8 Å². The summed E-state index contributed by atoms with van der Waals surface area (Å²) in [5.74, 6) is -0.622. The monoisotopic (exact) mass is 213 g/mol. The number of aliphatic carboxylic acids is 1. The van der Waals surface area contributed by atoms with Crippen LogP contribution in [0.25, 0.3) is 0 Å². The molecule has 15 heavy (non-hydrogen) atoms. The highest BCUT2D eigenvalue weighted by Gasteiger charge is 2.24. The zero-order valence-electron chi connectivity index (χ0n) is 9.91. The number of hydrogen-bond acceptors (Lipinski definition) is 2. The van der Waals surface area contributed by atoms with E-state index < -0.39 is 5.97 Å². The Morgan fingerprint density at radius 2 is 1.73 bits per heavy atom. The minimum atomic E-state index is -0.644. The summed E-state index contributed by atoms with van der Waals surface area (Å²) in [5, 5.41) is 9.12. The Morgan fingerprint density at radius 1 is 1.20 bits per heavy atom. The van der Waals surface area contributed by atoms with E-state index in [9.17, 15) is 4.79 Å². The maximum Gasteiger partial charge on any atom is 0.308 e. The third kappa shape index (κ3) is 4.20. The van der Waals surface area contributed by atoms with Crippen LogP contribution in [0.15, 0.2) is 0 Å². The van der Waals surface area contributed by atoms with E-state index in [1.54, 1.807) is 0 Å². The summed E-state index contributed by atoms with van der Waals surface area (Å²) in [6, 6.07) is 0. The minimum Gasteiger partial charge on any atom is -0.481 e. The summed E-state index contributed by atoms with van der Waals surface area (Å²) < 4.78 is 0. The Kier molecular flexibility index (Phi) is 5.09. The fourth-order valence-corrected chi connectivity index (χ4v) is 2.17. The van der Waals surface area contributed by atoms with E-state index in [1.165, 1.54) is 25.7 Å². The van der Waals surface area contributed by atoms with Crippen LogP contribution in [0.1, 0.15) is 39.5 Å². The Hall–Kier alpha value is -0.570. The van der Waals surface area contributed by atoms with Crippen LogP contribution in [-0.4, -0.2) is 35.6 Å². The van der Waals surface area contributed by atoms with Gasteiger partial charge in [-0.3, -0.25) is 4.79 Å². The van der Waals surface area contributed by atoms with Gasteiger partial charge in [0.1, 0.15) is 0 Å². The zero-order valence-corrected chi connectivity index (χ0v) is 9.91. The number of carboxylic acid groups (broad SMARTS) is 1. The zero-order chi connectivity index (χ0) is 11.3. The largest absolute Gasteiger partial charge is 0.481 e. The molecule has 1 heterocycles. The Labute approximate surface area is 92.5 Å². The first-order valence-electron chi connectivity index (χ1n) is 6.06. The van der Waals surface area contributed by atoms with Crippen LogP contribution < -0.4 is 0 Å². The number of rotatable bonds is 4. The predicted octanol–water partition coefficient (Wildman–Crippen LogP) is 2.22. The van der Waals surface area contributed by atoms with E-state index in [2.05, 4.69) is 4.90 Å². The Balaban J connectivity index is 2.45. The topological polar surface area (TPSA) is 40.5 Å². The fraction of sp³-hybridized carbons (Fsp3) is 0.917. The molecule has 1 atom stereocenters. The molecule has 0 aromatic carbocycles. The second-order valence-electron chi connectivity index (χ2n) is 4.90. The van der Waals surface area contributed by atoms with E-state index in [4.69, 9.17) is 5.11 Å². The van der Waals surface area contributed by atoms with Crippen LogP contribution >= 0.6 is 0 Å². The quantitative estimate of drug-likeness (QED) is 0.778. The molecule has 0 aromatic rings. The minimum absolute atomic E-state index is 0.205. The van der Waals surface area contributed by atoms with Gasteiger partial charge in [0.25, 0.3) is 0 Å². The third-order valence-corrected chi connectivity index (χ3v) is 3.28. The highest BCUT2D eigenvalue weighted by Crippen LogP contribution is 2.16. The van der Waals surface area contributed by atoms with Gasteiger partial charge in [-0.15, -0.1) is 0 Å². The van der Waals surface area contributed by atoms with Gasteiger partial charge in [-0.05, 0) is 31.8 Å². The summed E-state index contributed by atoms with van der Waals surface area (Å²) in [5.41, 5.74) is 0. The van der Waals surface area contributed by atoms with Gasteiger partial charge >= 0.3 is 5.97 Å². The SMILES string of the molecule is CC(C)C(CN1CCCCCC1)C(=O)O. The lowest BCUT2D eigenvalue weighted by molar-refractivity contribution is -0.144. The fourth-order valence-electron chi connectivity index (χ4n) is 2.17. The van der Waals surface area contributed by atoms with Gasteiger partial charge < -0.3 is 10.0 Å². The summed E-state index contributed by atoms with van der Waals surface area (Å²) in [6.45, 7) is 6.88. The summed E-state index contributed by atoms with van der Waals surface area (Å²) in [4.78, 5) is 13.4. The molecule has 3 nitrogen and oxygen atoms in total. The third-order valence-electron chi connectivity index (χ3n) is 3.28. The molecule has 1 saturated heterocycles. The molecule has 0 spiro atoms. The normalized spacial score (nSPS) is 21.3. The van der Waals surface area contributed by atoms with E-state index in [-0.39, 0.29) is 11.8 Å². The number of carboxylic acids is 1. The maximum absolute atomic E-state index is 11.1. The lowest BCUT2D eigenvalue weighted by atomic mass is 9.95. The van der Waals surface area contributed by atoms with Crippen molar-refractivity contribution >= 4 is 5.97 Å². The Bertz CT molecular complexity index is 196. The molecule has 0 radical (unpaired) electrons. The van der Waals surface area contributed by atoms with E-state index in [0.29, 0.717) is 0 Å². The van der Waals surface area contributed by atoms with Crippen LogP contribution in [0.4, 0.5) is 0 Å². The van der Waals surface area contributed by atoms with Crippen molar-refractivity contribution in [2.75, 3.05) is 19.6 Å². The number of likely N-dealkylation sites (tertiary alicyclic amines) is 1. The molecular weight excluding hydrogens is 190 g/mol. The molecule has 1 N–H and O–H groups in total. The van der Waals surface area contributed by atoms with Crippen LogP contribution in [0.5, 0.6) is 0 Å². The van der Waals surface area contributed by atoms with Crippen molar-refractivity contribution in [3.8, 4) is 0 Å². The number of hydrogen-bond donors (Lipinski definition) is 1.